The first-order chi connectivity index (χ1) is 11.4. The van der Waals surface area contributed by atoms with Crippen LogP contribution in [0, 0.1) is 5.82 Å². The Hall–Kier alpha value is -2.25. The highest BCUT2D eigenvalue weighted by Crippen LogP contribution is 2.20. The Kier molecular flexibility index (Phi) is 6.45. The number of hydrogen-bond acceptors (Lipinski definition) is 3. The van der Waals surface area contributed by atoms with E-state index in [1.54, 1.807) is 24.1 Å². The maximum absolute atomic E-state index is 13.1. The van der Waals surface area contributed by atoms with Gasteiger partial charge in [0, 0.05) is 10.2 Å². The summed E-state index contributed by atoms with van der Waals surface area (Å²) in [4.78, 5) is 25.5. The first kappa shape index (κ1) is 18.1. The molecular weight excluding hydrogens is 377 g/mol. The first-order valence-corrected chi connectivity index (χ1v) is 8.01. The quantitative estimate of drug-likeness (QED) is 0.792. The fraction of sp³-hybridized carbons (Fsp3) is 0.176. The zero-order valence-corrected chi connectivity index (χ0v) is 14.6. The highest BCUT2D eigenvalue weighted by molar-refractivity contribution is 9.10. The minimum absolute atomic E-state index is 0.0138. The number of carbonyl (C=O) groups excluding carboxylic acids is 2. The van der Waals surface area contributed by atoms with Crippen LogP contribution in [0.4, 0.5) is 15.8 Å². The lowest BCUT2D eigenvalue weighted by Gasteiger charge is -2.16. The van der Waals surface area contributed by atoms with E-state index in [4.69, 9.17) is 0 Å². The number of likely N-dealkylation sites (N-methyl/N-ethyl adjacent to an activating group) is 1. The minimum Gasteiger partial charge on any atom is -0.325 e. The van der Waals surface area contributed by atoms with Gasteiger partial charge in [0.2, 0.25) is 11.8 Å². The van der Waals surface area contributed by atoms with Gasteiger partial charge in [-0.1, -0.05) is 18.2 Å². The lowest BCUT2D eigenvalue weighted by molar-refractivity contribution is -0.119. The smallest absolute Gasteiger partial charge is 0.238 e. The highest BCUT2D eigenvalue weighted by atomic mass is 79.9. The van der Waals surface area contributed by atoms with Crippen molar-refractivity contribution in [2.75, 3.05) is 30.8 Å². The summed E-state index contributed by atoms with van der Waals surface area (Å²) in [7, 11) is 1.66. The average molecular weight is 394 g/mol. The van der Waals surface area contributed by atoms with Crippen LogP contribution in [-0.2, 0) is 9.59 Å². The number of rotatable bonds is 6. The summed E-state index contributed by atoms with van der Waals surface area (Å²) in [6, 6.07) is 12.9. The summed E-state index contributed by atoms with van der Waals surface area (Å²) in [5.41, 5.74) is 1.05. The highest BCUT2D eigenvalue weighted by Gasteiger charge is 2.12. The van der Waals surface area contributed by atoms with Crippen LogP contribution >= 0.6 is 15.9 Å². The summed E-state index contributed by atoms with van der Waals surface area (Å²) >= 11 is 3.35. The lowest BCUT2D eigenvalue weighted by Crippen LogP contribution is -2.36. The van der Waals surface area contributed by atoms with E-state index in [0.717, 1.165) is 4.47 Å². The van der Waals surface area contributed by atoms with Crippen molar-refractivity contribution >= 4 is 39.1 Å². The van der Waals surface area contributed by atoms with Crippen molar-refractivity contribution in [3.8, 4) is 0 Å². The van der Waals surface area contributed by atoms with E-state index in [0.29, 0.717) is 11.4 Å². The Morgan fingerprint density at radius 2 is 1.71 bits per heavy atom. The molecule has 0 unspecified atom stereocenters. The third kappa shape index (κ3) is 5.75. The molecule has 126 valence electrons. The Balaban J connectivity index is 1.81. The average Bonchev–Trinajstić information content (AvgIpc) is 2.49. The fourth-order valence-electron chi connectivity index (χ4n) is 2.07. The predicted molar refractivity (Wildman–Crippen MR) is 95.3 cm³/mol. The number of halogens is 2. The van der Waals surface area contributed by atoms with E-state index < -0.39 is 5.82 Å². The number of carbonyl (C=O) groups is 2. The van der Waals surface area contributed by atoms with Gasteiger partial charge in [0.05, 0.1) is 18.8 Å². The molecule has 2 N–H and O–H groups in total. The van der Waals surface area contributed by atoms with Gasteiger partial charge >= 0.3 is 0 Å². The van der Waals surface area contributed by atoms with Gasteiger partial charge in [-0.05, 0) is 53.3 Å². The summed E-state index contributed by atoms with van der Waals surface area (Å²) in [6.45, 7) is 0.0673. The molecule has 0 radical (unpaired) electrons. The van der Waals surface area contributed by atoms with Crippen molar-refractivity contribution < 1.29 is 14.0 Å². The van der Waals surface area contributed by atoms with Gasteiger partial charge in [-0.25, -0.2) is 4.39 Å². The van der Waals surface area contributed by atoms with Crippen molar-refractivity contribution in [3.05, 3.63) is 58.8 Å². The van der Waals surface area contributed by atoms with Crippen LogP contribution in [0.3, 0.4) is 0 Å². The molecule has 0 spiro atoms. The molecule has 0 bridgehead atoms. The Bertz CT molecular complexity index is 739. The molecule has 5 nitrogen and oxygen atoms in total. The zero-order chi connectivity index (χ0) is 17.5. The molecule has 7 heteroatoms. The Morgan fingerprint density at radius 1 is 1.04 bits per heavy atom. The number of anilines is 2. The van der Waals surface area contributed by atoms with E-state index in [2.05, 4.69) is 26.6 Å². The molecule has 0 fully saturated rings. The SMILES string of the molecule is CN(CC(=O)Nc1cccc(F)c1)CC(=O)Nc1ccccc1Br. The lowest BCUT2D eigenvalue weighted by atomic mass is 10.3. The topological polar surface area (TPSA) is 61.4 Å². The third-order valence-corrected chi connectivity index (χ3v) is 3.77. The molecule has 0 saturated carbocycles. The maximum atomic E-state index is 13.1. The first-order valence-electron chi connectivity index (χ1n) is 7.22. The van der Waals surface area contributed by atoms with Gasteiger partial charge in [0.25, 0.3) is 0 Å². The Morgan fingerprint density at radius 3 is 2.38 bits per heavy atom. The second-order valence-corrected chi connectivity index (χ2v) is 6.11. The van der Waals surface area contributed by atoms with Crippen LogP contribution < -0.4 is 10.6 Å². The van der Waals surface area contributed by atoms with Gasteiger partial charge < -0.3 is 10.6 Å². The molecule has 0 heterocycles. The van der Waals surface area contributed by atoms with Crippen LogP contribution in [0.5, 0.6) is 0 Å². The number of benzene rings is 2. The molecule has 0 aromatic heterocycles. The zero-order valence-electron chi connectivity index (χ0n) is 13.1. The van der Waals surface area contributed by atoms with Crippen molar-refractivity contribution in [2.45, 2.75) is 0 Å². The molecule has 2 rings (SSSR count). The molecule has 24 heavy (non-hydrogen) atoms. The normalized spacial score (nSPS) is 10.5. The van der Waals surface area contributed by atoms with Crippen molar-refractivity contribution in [2.24, 2.45) is 0 Å². The van der Waals surface area contributed by atoms with Crippen LogP contribution in [0.25, 0.3) is 0 Å². The minimum atomic E-state index is -0.422. The molecule has 2 aromatic carbocycles. The number of nitrogens with one attached hydrogen (secondary N) is 2. The van der Waals surface area contributed by atoms with Crippen molar-refractivity contribution in [3.63, 3.8) is 0 Å². The van der Waals surface area contributed by atoms with Crippen LogP contribution in [0.15, 0.2) is 53.0 Å². The number of para-hydroxylation sites is 1. The number of nitrogens with zero attached hydrogens (tertiary/aromatic N) is 1. The molecule has 0 aliphatic carbocycles. The summed E-state index contributed by atoms with van der Waals surface area (Å²) < 4.78 is 13.9. The fourth-order valence-corrected chi connectivity index (χ4v) is 2.45. The van der Waals surface area contributed by atoms with Gasteiger partial charge in [0.1, 0.15) is 5.82 Å². The van der Waals surface area contributed by atoms with Gasteiger partial charge in [-0.3, -0.25) is 14.5 Å². The Labute approximate surface area is 148 Å². The second-order valence-electron chi connectivity index (χ2n) is 5.26. The maximum Gasteiger partial charge on any atom is 0.238 e. The monoisotopic (exact) mass is 393 g/mol. The molecular formula is C17H17BrFN3O2. The molecule has 0 aliphatic rings. The molecule has 0 aliphatic heterocycles. The predicted octanol–water partition coefficient (Wildman–Crippen LogP) is 3.10. The largest absolute Gasteiger partial charge is 0.325 e. The van der Waals surface area contributed by atoms with E-state index in [1.165, 1.54) is 18.2 Å². The molecule has 2 aromatic rings. The summed E-state index contributed by atoms with van der Waals surface area (Å²) in [5.74, 6) is -0.978. The van der Waals surface area contributed by atoms with Crippen molar-refractivity contribution in [1.82, 2.24) is 4.90 Å². The van der Waals surface area contributed by atoms with Gasteiger partial charge in [-0.2, -0.15) is 0 Å². The van der Waals surface area contributed by atoms with Gasteiger partial charge in [-0.15, -0.1) is 0 Å². The second kappa shape index (κ2) is 8.56. The van der Waals surface area contributed by atoms with E-state index in [9.17, 15) is 14.0 Å². The molecule has 2 amide bonds. The molecule has 0 atom stereocenters. The van der Waals surface area contributed by atoms with E-state index >= 15 is 0 Å². The molecule has 0 saturated heterocycles. The van der Waals surface area contributed by atoms with Crippen LogP contribution in [0.1, 0.15) is 0 Å². The number of hydrogen-bond donors (Lipinski definition) is 2. The van der Waals surface area contributed by atoms with E-state index in [1.807, 2.05) is 18.2 Å². The van der Waals surface area contributed by atoms with Crippen LogP contribution in [0.2, 0.25) is 0 Å². The van der Waals surface area contributed by atoms with Gasteiger partial charge in [0.15, 0.2) is 0 Å². The summed E-state index contributed by atoms with van der Waals surface area (Å²) in [5, 5.41) is 5.35. The standard InChI is InChI=1S/C17H17BrFN3O2/c1-22(10-16(23)20-13-6-4-5-12(19)9-13)11-17(24)21-15-8-3-2-7-14(15)18/h2-9H,10-11H2,1H3,(H,20,23)(H,21,24). The third-order valence-electron chi connectivity index (χ3n) is 3.08. The van der Waals surface area contributed by atoms with Crippen molar-refractivity contribution in [1.29, 1.82) is 0 Å². The summed E-state index contributed by atoms with van der Waals surface area (Å²) in [6.07, 6.45) is 0. The van der Waals surface area contributed by atoms with E-state index in [-0.39, 0.29) is 24.9 Å². The van der Waals surface area contributed by atoms with Crippen LogP contribution in [-0.4, -0.2) is 36.9 Å². The number of amides is 2.